The van der Waals surface area contributed by atoms with Crippen molar-refractivity contribution in [3.63, 3.8) is 0 Å². The largest absolute Gasteiger partial charge is 0.497 e. The predicted molar refractivity (Wildman–Crippen MR) is 113 cm³/mol. The number of hydrogen-bond acceptors (Lipinski definition) is 7. The number of rotatable bonds is 5. The molecule has 0 bridgehead atoms. The molecule has 0 aromatic heterocycles. The molecule has 3 atom stereocenters. The van der Waals surface area contributed by atoms with E-state index in [2.05, 4.69) is 10.0 Å². The van der Waals surface area contributed by atoms with Crippen LogP contribution in [0.4, 0.5) is 5.69 Å². The first-order chi connectivity index (χ1) is 15.1. The highest BCUT2D eigenvalue weighted by molar-refractivity contribution is 6.24. The van der Waals surface area contributed by atoms with Gasteiger partial charge in [-0.05, 0) is 24.6 Å². The summed E-state index contributed by atoms with van der Waals surface area (Å²) in [6.45, 7) is 1.56. The lowest BCUT2D eigenvalue weighted by atomic mass is 9.89. The van der Waals surface area contributed by atoms with Gasteiger partial charge < -0.3 is 14.2 Å². The van der Waals surface area contributed by atoms with Crippen LogP contribution in [0.3, 0.4) is 0 Å². The number of ether oxygens (including phenoxy) is 3. The smallest absolute Gasteiger partial charge is 0.253 e. The summed E-state index contributed by atoms with van der Waals surface area (Å²) in [5.41, 5.74) is 1.37. The number of carbonyl (C=O) groups is 2. The Morgan fingerprint density at radius 1 is 0.806 bits per heavy atom. The van der Waals surface area contributed by atoms with Gasteiger partial charge in [-0.2, -0.15) is 0 Å². The highest BCUT2D eigenvalue weighted by Gasteiger charge is 2.63. The van der Waals surface area contributed by atoms with Gasteiger partial charge in [0.15, 0.2) is 0 Å². The van der Waals surface area contributed by atoms with E-state index < -0.39 is 12.0 Å². The number of amides is 2. The maximum Gasteiger partial charge on any atom is 0.253 e. The van der Waals surface area contributed by atoms with E-state index in [0.717, 1.165) is 30.8 Å². The minimum atomic E-state index is -0.531. The minimum Gasteiger partial charge on any atom is -0.497 e. The standard InChI is InChI=1S/C23H25N3O5/c1-29-14-9-10-16(18(13-14)31-3)26-22(27)19-20(15-7-4-5-8-17(15)30-2)24-11-6-12-25(24)21(19)23(26)28/h4-5,7-10,13,19-21H,6,11-12H2,1-3H3. The van der Waals surface area contributed by atoms with Crippen LogP contribution < -0.4 is 19.1 Å². The number of hydrazine groups is 1. The lowest BCUT2D eigenvalue weighted by Crippen LogP contribution is -2.44. The monoisotopic (exact) mass is 423 g/mol. The first-order valence-corrected chi connectivity index (χ1v) is 10.4. The molecule has 31 heavy (non-hydrogen) atoms. The highest BCUT2D eigenvalue weighted by Crippen LogP contribution is 2.51. The van der Waals surface area contributed by atoms with Crippen molar-refractivity contribution in [1.29, 1.82) is 0 Å². The van der Waals surface area contributed by atoms with Crippen molar-refractivity contribution < 1.29 is 23.8 Å². The molecular formula is C23H25N3O5. The molecule has 2 aromatic rings. The second-order valence-corrected chi connectivity index (χ2v) is 7.89. The van der Waals surface area contributed by atoms with Crippen LogP contribution in [0.2, 0.25) is 0 Å². The first-order valence-electron chi connectivity index (χ1n) is 10.4. The Bertz CT molecular complexity index is 1040. The molecule has 5 rings (SSSR count). The maximum atomic E-state index is 13.8. The van der Waals surface area contributed by atoms with Crippen LogP contribution in [0.5, 0.6) is 17.2 Å². The van der Waals surface area contributed by atoms with E-state index in [9.17, 15) is 9.59 Å². The number of anilines is 1. The Morgan fingerprint density at radius 2 is 1.52 bits per heavy atom. The molecule has 2 aromatic carbocycles. The maximum absolute atomic E-state index is 13.8. The Morgan fingerprint density at radius 3 is 2.23 bits per heavy atom. The minimum absolute atomic E-state index is 0.219. The Kier molecular flexibility index (Phi) is 4.83. The van der Waals surface area contributed by atoms with Gasteiger partial charge in [0.2, 0.25) is 5.91 Å². The Labute approximate surface area is 180 Å². The molecule has 3 aliphatic rings. The summed E-state index contributed by atoms with van der Waals surface area (Å²) in [6.07, 6.45) is 0.947. The van der Waals surface area contributed by atoms with Gasteiger partial charge in [0.05, 0.1) is 39.0 Å². The summed E-state index contributed by atoms with van der Waals surface area (Å²) in [6, 6.07) is 12.1. The number of fused-ring (bicyclic) bond motifs is 3. The summed E-state index contributed by atoms with van der Waals surface area (Å²) in [5.74, 6) is 0.786. The Hall–Kier alpha value is -3.10. The molecule has 2 amide bonds. The summed E-state index contributed by atoms with van der Waals surface area (Å²) >= 11 is 0. The molecule has 162 valence electrons. The zero-order valence-corrected chi connectivity index (χ0v) is 17.8. The normalized spacial score (nSPS) is 25.6. The van der Waals surface area contributed by atoms with Gasteiger partial charge in [0.25, 0.3) is 5.91 Å². The predicted octanol–water partition coefficient (Wildman–Crippen LogP) is 2.25. The van der Waals surface area contributed by atoms with E-state index >= 15 is 0 Å². The molecule has 3 heterocycles. The van der Waals surface area contributed by atoms with Gasteiger partial charge in [-0.1, -0.05) is 18.2 Å². The fourth-order valence-corrected chi connectivity index (χ4v) is 5.21. The van der Waals surface area contributed by atoms with E-state index in [1.54, 1.807) is 32.4 Å². The molecule has 3 fully saturated rings. The van der Waals surface area contributed by atoms with Crippen LogP contribution in [-0.4, -0.2) is 62.3 Å². The fraction of sp³-hybridized carbons (Fsp3) is 0.391. The van der Waals surface area contributed by atoms with E-state index in [4.69, 9.17) is 14.2 Å². The molecule has 3 saturated heterocycles. The van der Waals surface area contributed by atoms with Crippen molar-refractivity contribution in [3.05, 3.63) is 48.0 Å². The number of imide groups is 1. The van der Waals surface area contributed by atoms with Gasteiger partial charge in [-0.15, -0.1) is 0 Å². The SMILES string of the molecule is COc1ccc(N2C(=O)C3C(C2=O)N2CCCN2C3c2ccccc2OC)c(OC)c1. The van der Waals surface area contributed by atoms with Crippen molar-refractivity contribution in [3.8, 4) is 17.2 Å². The average molecular weight is 423 g/mol. The van der Waals surface area contributed by atoms with E-state index in [-0.39, 0.29) is 17.9 Å². The quantitative estimate of drug-likeness (QED) is 0.683. The van der Waals surface area contributed by atoms with Crippen LogP contribution in [-0.2, 0) is 9.59 Å². The molecule has 3 unspecified atom stereocenters. The molecule has 3 aliphatic heterocycles. The van der Waals surface area contributed by atoms with Gasteiger partial charge in [0.1, 0.15) is 23.3 Å². The summed E-state index contributed by atoms with van der Waals surface area (Å²) in [4.78, 5) is 28.7. The lowest BCUT2D eigenvalue weighted by Gasteiger charge is -2.30. The van der Waals surface area contributed by atoms with Crippen molar-refractivity contribution in [2.75, 3.05) is 39.3 Å². The van der Waals surface area contributed by atoms with Crippen LogP contribution in [0.1, 0.15) is 18.0 Å². The van der Waals surface area contributed by atoms with Gasteiger partial charge in [0, 0.05) is 24.7 Å². The lowest BCUT2D eigenvalue weighted by molar-refractivity contribution is -0.126. The fourth-order valence-electron chi connectivity index (χ4n) is 5.21. The molecule has 0 saturated carbocycles. The molecule has 8 nitrogen and oxygen atoms in total. The summed E-state index contributed by atoms with van der Waals surface area (Å²) < 4.78 is 16.3. The third-order valence-electron chi connectivity index (χ3n) is 6.49. The summed E-state index contributed by atoms with van der Waals surface area (Å²) in [7, 11) is 4.71. The molecule has 0 radical (unpaired) electrons. The van der Waals surface area contributed by atoms with Crippen LogP contribution in [0.15, 0.2) is 42.5 Å². The van der Waals surface area contributed by atoms with Crippen molar-refractivity contribution >= 4 is 17.5 Å². The number of nitrogens with zero attached hydrogens (tertiary/aromatic N) is 3. The molecule has 0 N–H and O–H groups in total. The number of methoxy groups -OCH3 is 3. The van der Waals surface area contributed by atoms with Gasteiger partial charge >= 0.3 is 0 Å². The van der Waals surface area contributed by atoms with E-state index in [0.29, 0.717) is 17.2 Å². The van der Waals surface area contributed by atoms with Gasteiger partial charge in [-0.25, -0.2) is 14.9 Å². The van der Waals surface area contributed by atoms with Crippen LogP contribution in [0, 0.1) is 5.92 Å². The summed E-state index contributed by atoms with van der Waals surface area (Å²) in [5, 5.41) is 4.24. The Balaban J connectivity index is 1.60. The molecular weight excluding hydrogens is 398 g/mol. The highest BCUT2D eigenvalue weighted by atomic mass is 16.5. The average Bonchev–Trinajstić information content (AvgIpc) is 3.45. The zero-order chi connectivity index (χ0) is 21.7. The first kappa shape index (κ1) is 19.8. The second-order valence-electron chi connectivity index (χ2n) is 7.89. The molecule has 0 spiro atoms. The second kappa shape index (κ2) is 7.55. The third-order valence-corrected chi connectivity index (χ3v) is 6.49. The van der Waals surface area contributed by atoms with Crippen LogP contribution in [0.25, 0.3) is 0 Å². The van der Waals surface area contributed by atoms with E-state index in [1.807, 2.05) is 24.3 Å². The number of hydrogen-bond donors (Lipinski definition) is 0. The van der Waals surface area contributed by atoms with Gasteiger partial charge in [-0.3, -0.25) is 9.59 Å². The topological polar surface area (TPSA) is 71.6 Å². The van der Waals surface area contributed by atoms with Crippen molar-refractivity contribution in [1.82, 2.24) is 10.0 Å². The van der Waals surface area contributed by atoms with Crippen LogP contribution >= 0.6 is 0 Å². The number of benzene rings is 2. The van der Waals surface area contributed by atoms with Crippen molar-refractivity contribution in [2.45, 2.75) is 18.5 Å². The number of carbonyl (C=O) groups excluding carboxylic acids is 2. The third kappa shape index (κ3) is 2.82. The molecule has 8 heteroatoms. The zero-order valence-electron chi connectivity index (χ0n) is 17.8. The van der Waals surface area contributed by atoms with E-state index in [1.165, 1.54) is 12.0 Å². The van der Waals surface area contributed by atoms with Crippen molar-refractivity contribution in [2.24, 2.45) is 5.92 Å². The molecule has 0 aliphatic carbocycles. The number of para-hydroxylation sites is 1.